The Hall–Kier alpha value is -0.910. The SMILES string of the molecule is C=CC[C@@]1(O)C[C@@H]2C[C@H](O)CC[C@]2(C)[C@H]2C[C@H](O)[C@]3(C)[C@@H]([C@H](C)CCC(=O)O)CC[C@H]3[C@@H]21. The maximum absolute atomic E-state index is 12.1. The fourth-order valence-corrected chi connectivity index (χ4v) is 9.35. The van der Waals surface area contributed by atoms with E-state index in [1.54, 1.807) is 0 Å². The average Bonchev–Trinajstić information content (AvgIpc) is 3.07. The number of carboxylic acid groups (broad SMARTS) is 1. The van der Waals surface area contributed by atoms with Crippen molar-refractivity contribution < 1.29 is 25.2 Å². The van der Waals surface area contributed by atoms with Crippen LogP contribution in [0.5, 0.6) is 0 Å². The van der Waals surface area contributed by atoms with Gasteiger partial charge in [0.25, 0.3) is 0 Å². The van der Waals surface area contributed by atoms with Crippen LogP contribution in [0.3, 0.4) is 0 Å². The highest BCUT2D eigenvalue weighted by atomic mass is 16.4. The van der Waals surface area contributed by atoms with E-state index in [0.29, 0.717) is 25.7 Å². The van der Waals surface area contributed by atoms with E-state index in [4.69, 9.17) is 0 Å². The Labute approximate surface area is 193 Å². The maximum Gasteiger partial charge on any atom is 0.303 e. The molecule has 4 saturated carbocycles. The predicted molar refractivity (Wildman–Crippen MR) is 124 cm³/mol. The smallest absolute Gasteiger partial charge is 0.303 e. The van der Waals surface area contributed by atoms with Crippen molar-refractivity contribution in [1.29, 1.82) is 0 Å². The van der Waals surface area contributed by atoms with E-state index in [1.807, 2.05) is 6.08 Å². The first-order valence-corrected chi connectivity index (χ1v) is 12.9. The number of fused-ring (bicyclic) bond motifs is 5. The van der Waals surface area contributed by atoms with Crippen molar-refractivity contribution in [3.05, 3.63) is 12.7 Å². The molecule has 0 spiro atoms. The quantitative estimate of drug-likeness (QED) is 0.452. The van der Waals surface area contributed by atoms with Crippen LogP contribution in [0.1, 0.15) is 85.0 Å². The molecule has 5 heteroatoms. The van der Waals surface area contributed by atoms with Gasteiger partial charge in [0.05, 0.1) is 17.8 Å². The molecule has 0 aliphatic heterocycles. The molecule has 5 nitrogen and oxygen atoms in total. The summed E-state index contributed by atoms with van der Waals surface area (Å²) < 4.78 is 0. The number of rotatable bonds is 6. The van der Waals surface area contributed by atoms with E-state index in [-0.39, 0.29) is 58.9 Å². The van der Waals surface area contributed by atoms with E-state index in [1.165, 1.54) is 0 Å². The van der Waals surface area contributed by atoms with Gasteiger partial charge in [-0.1, -0.05) is 26.8 Å². The normalized spacial score (nSPS) is 51.2. The van der Waals surface area contributed by atoms with Gasteiger partial charge in [0.2, 0.25) is 0 Å². The van der Waals surface area contributed by atoms with Gasteiger partial charge in [0.1, 0.15) is 0 Å². The Bertz CT molecular complexity index is 738. The number of hydrogen-bond donors (Lipinski definition) is 4. The molecule has 0 aromatic rings. The van der Waals surface area contributed by atoms with Crippen molar-refractivity contribution >= 4 is 5.97 Å². The Balaban J connectivity index is 1.70. The van der Waals surface area contributed by atoms with Crippen molar-refractivity contribution in [2.75, 3.05) is 0 Å². The van der Waals surface area contributed by atoms with E-state index in [9.17, 15) is 25.2 Å². The number of carbonyl (C=O) groups is 1. The molecule has 32 heavy (non-hydrogen) atoms. The van der Waals surface area contributed by atoms with E-state index < -0.39 is 17.7 Å². The van der Waals surface area contributed by atoms with Crippen molar-refractivity contribution in [3.63, 3.8) is 0 Å². The fourth-order valence-electron chi connectivity index (χ4n) is 9.35. The number of aliphatic carboxylic acids is 1. The molecule has 182 valence electrons. The van der Waals surface area contributed by atoms with Gasteiger partial charge in [-0.2, -0.15) is 0 Å². The molecular formula is C27H44O5. The third-order valence-corrected chi connectivity index (χ3v) is 11.0. The second kappa shape index (κ2) is 8.39. The van der Waals surface area contributed by atoms with Crippen LogP contribution in [0.25, 0.3) is 0 Å². The van der Waals surface area contributed by atoms with Gasteiger partial charge < -0.3 is 20.4 Å². The van der Waals surface area contributed by atoms with Gasteiger partial charge in [0, 0.05) is 6.42 Å². The van der Waals surface area contributed by atoms with Gasteiger partial charge in [-0.3, -0.25) is 4.79 Å². The van der Waals surface area contributed by atoms with Gasteiger partial charge in [-0.05, 0) is 104 Å². The molecule has 0 aromatic heterocycles. The summed E-state index contributed by atoms with van der Waals surface area (Å²) in [5.41, 5.74) is -1.11. The lowest BCUT2D eigenvalue weighted by Gasteiger charge is -2.66. The highest BCUT2D eigenvalue weighted by molar-refractivity contribution is 5.66. The highest BCUT2D eigenvalue weighted by Gasteiger charge is 2.68. The van der Waals surface area contributed by atoms with E-state index >= 15 is 0 Å². The Kier molecular flexibility index (Phi) is 6.35. The number of carboxylic acids is 1. The minimum Gasteiger partial charge on any atom is -0.481 e. The average molecular weight is 449 g/mol. The standard InChI is InChI=1S/C27H44O5/c1-5-11-27(32)15-17-13-18(28)10-12-25(17,3)21-14-22(29)26(4)19(7-8-20(26)24(21)27)16(2)6-9-23(30)31/h5,16-22,24,28-29,32H,1,6-15H2,2-4H3,(H,30,31)/t16-,17+,18-,19-,20+,21+,22+,24+,25+,26-,27-/m1/s1. The molecule has 0 heterocycles. The number of aliphatic hydroxyl groups excluding tert-OH is 2. The van der Waals surface area contributed by atoms with Crippen LogP contribution in [-0.4, -0.2) is 44.2 Å². The van der Waals surface area contributed by atoms with E-state index in [2.05, 4.69) is 27.4 Å². The summed E-state index contributed by atoms with van der Waals surface area (Å²) in [5, 5.41) is 43.4. The van der Waals surface area contributed by atoms with Crippen LogP contribution in [0, 0.1) is 46.3 Å². The number of hydrogen-bond acceptors (Lipinski definition) is 4. The zero-order valence-electron chi connectivity index (χ0n) is 20.2. The molecule has 0 bridgehead atoms. The van der Waals surface area contributed by atoms with Crippen molar-refractivity contribution in [1.82, 2.24) is 0 Å². The van der Waals surface area contributed by atoms with Crippen molar-refractivity contribution in [2.45, 2.75) is 103 Å². The lowest BCUT2D eigenvalue weighted by Crippen LogP contribution is -2.66. The minimum atomic E-state index is -0.848. The minimum absolute atomic E-state index is 0.0343. The molecule has 0 amide bonds. The first-order chi connectivity index (χ1) is 15.0. The van der Waals surface area contributed by atoms with E-state index in [0.717, 1.165) is 32.1 Å². The van der Waals surface area contributed by atoms with Gasteiger partial charge in [-0.15, -0.1) is 6.58 Å². The molecule has 0 radical (unpaired) electrons. The molecule has 4 aliphatic rings. The topological polar surface area (TPSA) is 98.0 Å². The largest absolute Gasteiger partial charge is 0.481 e. The Morgan fingerprint density at radius 2 is 1.88 bits per heavy atom. The second-order valence-electron chi connectivity index (χ2n) is 12.4. The molecule has 4 N–H and O–H groups in total. The monoisotopic (exact) mass is 448 g/mol. The molecular weight excluding hydrogens is 404 g/mol. The summed E-state index contributed by atoms with van der Waals surface area (Å²) in [5.74, 6) is 0.587. The predicted octanol–water partition coefficient (Wildman–Crippen LogP) is 4.40. The van der Waals surface area contributed by atoms with Crippen LogP contribution in [0.2, 0.25) is 0 Å². The highest BCUT2D eigenvalue weighted by Crippen LogP contribution is 2.70. The van der Waals surface area contributed by atoms with Gasteiger partial charge in [-0.25, -0.2) is 0 Å². The lowest BCUT2D eigenvalue weighted by molar-refractivity contribution is -0.241. The molecule has 0 unspecified atom stereocenters. The summed E-state index contributed by atoms with van der Waals surface area (Å²) in [6, 6.07) is 0. The van der Waals surface area contributed by atoms with Gasteiger partial charge >= 0.3 is 5.97 Å². The summed E-state index contributed by atoms with van der Waals surface area (Å²) in [4.78, 5) is 11.2. The summed E-state index contributed by atoms with van der Waals surface area (Å²) in [6.45, 7) is 10.7. The molecule has 11 atom stereocenters. The Morgan fingerprint density at radius 1 is 1.16 bits per heavy atom. The van der Waals surface area contributed by atoms with Crippen molar-refractivity contribution in [2.24, 2.45) is 46.3 Å². The van der Waals surface area contributed by atoms with Crippen LogP contribution in [0.4, 0.5) is 0 Å². The zero-order valence-corrected chi connectivity index (χ0v) is 20.2. The van der Waals surface area contributed by atoms with Gasteiger partial charge in [0.15, 0.2) is 0 Å². The molecule has 0 aromatic carbocycles. The molecule has 0 saturated heterocycles. The summed E-state index contributed by atoms with van der Waals surface area (Å²) in [7, 11) is 0. The number of aliphatic hydroxyl groups is 3. The third-order valence-electron chi connectivity index (χ3n) is 11.0. The lowest BCUT2D eigenvalue weighted by atomic mass is 9.40. The fraction of sp³-hybridized carbons (Fsp3) is 0.889. The maximum atomic E-state index is 12.1. The summed E-state index contributed by atoms with van der Waals surface area (Å²) >= 11 is 0. The van der Waals surface area contributed by atoms with Crippen LogP contribution in [0.15, 0.2) is 12.7 Å². The zero-order chi connectivity index (χ0) is 23.5. The molecule has 4 rings (SSSR count). The first-order valence-electron chi connectivity index (χ1n) is 12.9. The third kappa shape index (κ3) is 3.58. The second-order valence-corrected chi connectivity index (χ2v) is 12.4. The molecule has 4 aliphatic carbocycles. The first kappa shape index (κ1) is 24.2. The Morgan fingerprint density at radius 3 is 2.53 bits per heavy atom. The van der Waals surface area contributed by atoms with Crippen LogP contribution < -0.4 is 0 Å². The van der Waals surface area contributed by atoms with Crippen molar-refractivity contribution in [3.8, 4) is 0 Å². The van der Waals surface area contributed by atoms with Crippen LogP contribution >= 0.6 is 0 Å². The van der Waals surface area contributed by atoms with Crippen LogP contribution in [-0.2, 0) is 4.79 Å². The summed E-state index contributed by atoms with van der Waals surface area (Å²) in [6.07, 6.45) is 8.37. The molecule has 4 fully saturated rings.